The quantitative estimate of drug-likeness (QED) is 0.0106. The van der Waals surface area contributed by atoms with Crippen molar-refractivity contribution in [2.45, 2.75) is 65.0 Å². The summed E-state index contributed by atoms with van der Waals surface area (Å²) in [6.45, 7) is 4.10. The average molecular weight is 1770 g/mol. The molecule has 0 spiro atoms. The Labute approximate surface area is 739 Å². The first-order valence-corrected chi connectivity index (χ1v) is 40.9. The number of guanidine groups is 12. The molecule has 9 rings (SSSR count). The van der Waals surface area contributed by atoms with E-state index in [4.69, 9.17) is 124 Å². The zero-order valence-corrected chi connectivity index (χ0v) is 71.2. The molecule has 0 saturated heterocycles. The van der Waals surface area contributed by atoms with Gasteiger partial charge in [-0.05, 0) is 205 Å². The zero-order valence-electron chi connectivity index (χ0n) is 66.6. The highest BCUT2D eigenvalue weighted by molar-refractivity contribution is 6.32. The van der Waals surface area contributed by atoms with Crippen LogP contribution in [0.25, 0.3) is 0 Å². The molecule has 0 heterocycles. The lowest BCUT2D eigenvalue weighted by Crippen LogP contribution is -2.46. The number of nitrogens with two attached hydrogens (primary N) is 2. The summed E-state index contributed by atoms with van der Waals surface area (Å²) < 4.78 is 0. The summed E-state index contributed by atoms with van der Waals surface area (Å²) in [5.41, 5.74) is 20.7. The minimum atomic E-state index is -0.154. The van der Waals surface area contributed by atoms with E-state index in [-0.39, 0.29) is 111 Å². The Hall–Kier alpha value is -12.9. The Kier molecular flexibility index (Phi) is 36.4. The minimum Gasteiger partial charge on any atom is -0.338 e. The van der Waals surface area contributed by atoms with Gasteiger partial charge in [0.05, 0.1) is 0 Å². The molecule has 28 N–H and O–H groups in total. The van der Waals surface area contributed by atoms with E-state index >= 15 is 0 Å². The van der Waals surface area contributed by atoms with E-state index in [1.807, 2.05) is 92.4 Å². The van der Waals surface area contributed by atoms with Crippen LogP contribution < -0.4 is 75.3 Å². The van der Waals surface area contributed by atoms with Crippen molar-refractivity contribution in [2.24, 2.45) is 11.5 Å². The van der Waals surface area contributed by atoms with Gasteiger partial charge in [0.25, 0.3) is 0 Å². The highest BCUT2D eigenvalue weighted by Crippen LogP contribution is 2.22. The van der Waals surface area contributed by atoms with Gasteiger partial charge in [0, 0.05) is 156 Å². The first kappa shape index (κ1) is 93.0. The molecule has 0 unspecified atom stereocenters. The third-order valence-electron chi connectivity index (χ3n) is 18.4. The molecule has 0 fully saturated rings. The van der Waals surface area contributed by atoms with Crippen molar-refractivity contribution in [3.8, 4) is 0 Å². The molecule has 9 aromatic rings. The first-order valence-electron chi connectivity index (χ1n) is 38.6. The van der Waals surface area contributed by atoms with Gasteiger partial charge in [-0.1, -0.05) is 142 Å². The van der Waals surface area contributed by atoms with Crippen LogP contribution in [0.4, 0.5) is 34.1 Å². The minimum absolute atomic E-state index is 0.0264. The summed E-state index contributed by atoms with van der Waals surface area (Å²) in [6.07, 6.45) is 2.04. The van der Waals surface area contributed by atoms with Gasteiger partial charge in [0.15, 0.2) is 71.5 Å². The Balaban J connectivity index is 0.887. The lowest BCUT2D eigenvalue weighted by molar-refractivity contribution is 0.349. The fraction of sp³-hybridized carbons (Fsp3) is 0.214. The number of nitrogens with zero attached hydrogens (tertiary/aromatic N) is 6. The van der Waals surface area contributed by atoms with Crippen LogP contribution in [0.2, 0.25) is 30.1 Å². The van der Waals surface area contributed by atoms with Gasteiger partial charge < -0.3 is 72.8 Å². The van der Waals surface area contributed by atoms with E-state index in [1.165, 1.54) is 0 Å². The summed E-state index contributed by atoms with van der Waals surface area (Å²) >= 11 is 36.8. The maximum Gasteiger partial charge on any atom is 0.199 e. The molecule has 0 aromatic heterocycles. The summed E-state index contributed by atoms with van der Waals surface area (Å²) in [5.74, 6) is -1.09. The van der Waals surface area contributed by atoms with Gasteiger partial charge in [0.1, 0.15) is 0 Å². The molecule has 0 aliphatic heterocycles. The molecule has 32 nitrogen and oxygen atoms in total. The number of benzene rings is 9. The Morgan fingerprint density at radius 1 is 0.205 bits per heavy atom. The second-order valence-electron chi connectivity index (χ2n) is 27.9. The molecule has 0 atom stereocenters. The van der Waals surface area contributed by atoms with Gasteiger partial charge in [-0.2, -0.15) is 0 Å². The smallest absolute Gasteiger partial charge is 0.199 e. The number of hydrogen-bond donors (Lipinski definition) is 26. The van der Waals surface area contributed by atoms with Crippen LogP contribution >= 0.6 is 69.6 Å². The van der Waals surface area contributed by atoms with Crippen molar-refractivity contribution in [1.82, 2.24) is 61.3 Å². The van der Waals surface area contributed by atoms with Crippen LogP contribution in [0, 0.1) is 64.9 Å². The Morgan fingerprint density at radius 3 is 0.467 bits per heavy atom. The van der Waals surface area contributed by atoms with Gasteiger partial charge in [-0.25, -0.2) is 0 Å². The molecule has 0 bridgehead atoms. The molecular weight excluding hydrogens is 1670 g/mol. The number of unbranched alkanes of at least 4 members (excludes halogenated alkanes) is 2. The van der Waals surface area contributed by atoms with Gasteiger partial charge in [-0.15, -0.1) is 0 Å². The summed E-state index contributed by atoms with van der Waals surface area (Å²) in [5, 5.41) is 146. The summed E-state index contributed by atoms with van der Waals surface area (Å²) in [4.78, 5) is 10.7. The predicted octanol–water partition coefficient (Wildman–Crippen LogP) is 14.7. The molecule has 0 aliphatic carbocycles. The number of hydrogen-bond acceptors (Lipinski definition) is 14. The fourth-order valence-corrected chi connectivity index (χ4v) is 12.9. The lowest BCUT2D eigenvalue weighted by atomic mass is 10.1. The second-order valence-corrected chi connectivity index (χ2v) is 30.5. The number of anilines is 6. The van der Waals surface area contributed by atoms with Crippen molar-refractivity contribution >= 4 is 175 Å². The fourth-order valence-electron chi connectivity index (χ4n) is 12.2. The van der Waals surface area contributed by atoms with Crippen LogP contribution in [0.15, 0.2) is 218 Å². The van der Waals surface area contributed by atoms with Gasteiger partial charge >= 0.3 is 0 Å². The third kappa shape index (κ3) is 32.3. The van der Waals surface area contributed by atoms with Crippen LogP contribution in [0.1, 0.15) is 59.1 Å². The van der Waals surface area contributed by atoms with Crippen molar-refractivity contribution in [3.05, 3.63) is 282 Å². The second kappa shape index (κ2) is 47.8. The largest absolute Gasteiger partial charge is 0.338 e. The average Bonchev–Trinajstić information content (AvgIpc) is 0.866. The number of rotatable bonds is 32. The van der Waals surface area contributed by atoms with E-state index in [0.29, 0.717) is 142 Å². The lowest BCUT2D eigenvalue weighted by Gasteiger charge is -2.29. The van der Waals surface area contributed by atoms with Crippen molar-refractivity contribution < 1.29 is 0 Å². The van der Waals surface area contributed by atoms with E-state index in [1.54, 1.807) is 155 Å². The van der Waals surface area contributed by atoms with E-state index < -0.39 is 0 Å². The molecule has 38 heteroatoms. The molecule has 638 valence electrons. The molecule has 0 aliphatic rings. The van der Waals surface area contributed by atoms with Crippen molar-refractivity contribution in [3.63, 3.8) is 0 Å². The molecule has 0 amide bonds. The first-order chi connectivity index (χ1) is 58.6. The summed E-state index contributed by atoms with van der Waals surface area (Å²) in [6, 6.07) is 64.4. The Bertz CT molecular complexity index is 4710. The predicted molar refractivity (Wildman–Crippen MR) is 500 cm³/mol. The summed E-state index contributed by atoms with van der Waals surface area (Å²) in [7, 11) is 0. The number of nitrogens with one attached hydrogen (secondary N) is 24. The molecule has 0 radical (unpaired) electrons. The maximum atomic E-state index is 9.46. The molecule has 122 heavy (non-hydrogen) atoms. The normalized spacial score (nSPS) is 10.6. The highest BCUT2D eigenvalue weighted by Gasteiger charge is 2.22. The van der Waals surface area contributed by atoms with E-state index in [0.717, 1.165) is 33.4 Å². The zero-order chi connectivity index (χ0) is 87.5. The SMILES string of the molecule is N=C(NC(=N)N(CCN)Cc1ccc(CN(CCCCN(Cc2ccc(CN(CCCCN(Cc3ccc(CN(CCN)C(=N)NC(=N)Nc4ccc(Cl)cc4)cc3)C(=N)NC(=N)Nc3ccc(Cl)cc3)C(=N)NC(=N)Nc3ccc(Cl)cc3)cc2)C(=N)NC(=N)Nc2ccc(Cl)cc2)C(=N)NC(=N)Nc2ccc(Cl)cc2)cc1)Nc1ccc(Cl)cc1. The molecule has 0 saturated carbocycles. The van der Waals surface area contributed by atoms with Gasteiger partial charge in [0.2, 0.25) is 0 Å². The van der Waals surface area contributed by atoms with Crippen LogP contribution in [0.3, 0.4) is 0 Å². The van der Waals surface area contributed by atoms with Crippen molar-refractivity contribution in [1.29, 1.82) is 64.9 Å². The van der Waals surface area contributed by atoms with Crippen LogP contribution in [-0.4, -0.2) is 153 Å². The molecule has 9 aromatic carbocycles. The highest BCUT2D eigenvalue weighted by atomic mass is 35.5. The topological polar surface area (TPSA) is 502 Å². The monoisotopic (exact) mass is 1770 g/mol. The standard InChI is InChI=1S/C84H100Cl6N32/c85-61-17-29-67(30-18-61)105-73(93)111-79(99)117(43-1-3-45-119(81(101)113-75(95)107-69-33-21-63(87)22-34-69)51-57-9-13-59(14-10-57)53-121(47-41-91)83(103)115-77(97)109-71-37-25-65(89)26-38-71)49-55-5-7-56(8-6-55)50-118(80(100)112-74(94)106-68-31-19-62(86)20-32-68)44-2-4-46-120(82(102)114-76(96)108-70-35-23-64(88)24-36-70)52-58-11-15-60(16-12-58)54-122(48-42-92)84(104)116-78(98)110-72-39-27-66(90)28-40-72/h5-40H,1-4,41-54,91-92H2,(H4,93,99,105,111)(H4,94,100,106,112)(H4,95,101,107,113)(H4,96,102,108,114)(H4,97,103,109,115)(H4,98,104,110,116). The van der Waals surface area contributed by atoms with Crippen molar-refractivity contribution in [2.75, 3.05) is 84.3 Å². The van der Waals surface area contributed by atoms with Crippen LogP contribution in [-0.2, 0) is 39.3 Å². The van der Waals surface area contributed by atoms with E-state index in [9.17, 15) is 21.6 Å². The maximum absolute atomic E-state index is 9.46. The third-order valence-corrected chi connectivity index (χ3v) is 19.9. The Morgan fingerprint density at radius 2 is 0.336 bits per heavy atom. The van der Waals surface area contributed by atoms with Crippen LogP contribution in [0.5, 0.6) is 0 Å². The van der Waals surface area contributed by atoms with E-state index in [2.05, 4.69) is 63.8 Å². The molecular formula is C84H100Cl6N32. The van der Waals surface area contributed by atoms with Gasteiger partial charge in [-0.3, -0.25) is 96.8 Å². The number of halogens is 6.